The minimum absolute atomic E-state index is 0.484. The van der Waals surface area contributed by atoms with Crippen molar-refractivity contribution in [2.75, 3.05) is 6.54 Å². The maximum absolute atomic E-state index is 4.17. The molecule has 1 aromatic rings. The van der Waals surface area contributed by atoms with Crippen molar-refractivity contribution in [2.24, 2.45) is 0 Å². The van der Waals surface area contributed by atoms with E-state index in [9.17, 15) is 0 Å². The number of nitrogens with zero attached hydrogens (tertiary/aromatic N) is 1. The van der Waals surface area contributed by atoms with Crippen LogP contribution in [0.15, 0.2) is 18.5 Å². The molecular formula is C12H20N2. The molecule has 0 fully saturated rings. The van der Waals surface area contributed by atoms with Crippen LogP contribution in [-0.2, 0) is 6.42 Å². The Morgan fingerprint density at radius 1 is 1.36 bits per heavy atom. The SMILES string of the molecule is CCNC(CC)c1ccncc1CC. The van der Waals surface area contributed by atoms with E-state index in [0.29, 0.717) is 6.04 Å². The molecule has 0 aromatic carbocycles. The van der Waals surface area contributed by atoms with Gasteiger partial charge in [0.05, 0.1) is 0 Å². The Labute approximate surface area is 86.8 Å². The van der Waals surface area contributed by atoms with Gasteiger partial charge in [-0.3, -0.25) is 4.98 Å². The lowest BCUT2D eigenvalue weighted by molar-refractivity contribution is 0.533. The summed E-state index contributed by atoms with van der Waals surface area (Å²) in [6.07, 6.45) is 6.06. The highest BCUT2D eigenvalue weighted by molar-refractivity contribution is 5.26. The second-order valence-corrected chi connectivity index (χ2v) is 3.45. The maximum atomic E-state index is 4.17. The molecule has 1 atom stereocenters. The molecular weight excluding hydrogens is 172 g/mol. The Hall–Kier alpha value is -0.890. The van der Waals surface area contributed by atoms with Gasteiger partial charge >= 0.3 is 0 Å². The summed E-state index contributed by atoms with van der Waals surface area (Å²) in [4.78, 5) is 4.17. The highest BCUT2D eigenvalue weighted by Crippen LogP contribution is 2.20. The highest BCUT2D eigenvalue weighted by Gasteiger charge is 2.10. The van der Waals surface area contributed by atoms with Gasteiger partial charge in [0.2, 0.25) is 0 Å². The number of aromatic nitrogens is 1. The number of nitrogens with one attached hydrogen (secondary N) is 1. The van der Waals surface area contributed by atoms with Crippen molar-refractivity contribution in [2.45, 2.75) is 39.7 Å². The lowest BCUT2D eigenvalue weighted by Crippen LogP contribution is -2.21. The summed E-state index contributed by atoms with van der Waals surface area (Å²) in [5.41, 5.74) is 2.77. The second kappa shape index (κ2) is 5.76. The third-order valence-electron chi connectivity index (χ3n) is 2.56. The Morgan fingerprint density at radius 2 is 2.14 bits per heavy atom. The van der Waals surface area contributed by atoms with E-state index in [1.54, 1.807) is 0 Å². The van der Waals surface area contributed by atoms with Crippen molar-refractivity contribution in [3.8, 4) is 0 Å². The first kappa shape index (κ1) is 11.2. The van der Waals surface area contributed by atoms with Crippen molar-refractivity contribution < 1.29 is 0 Å². The molecule has 0 radical (unpaired) electrons. The number of aryl methyl sites for hydroxylation is 1. The van der Waals surface area contributed by atoms with Crippen molar-refractivity contribution in [3.63, 3.8) is 0 Å². The van der Waals surface area contributed by atoms with E-state index < -0.39 is 0 Å². The van der Waals surface area contributed by atoms with Crippen molar-refractivity contribution in [3.05, 3.63) is 29.6 Å². The Kier molecular flexibility index (Phi) is 4.60. The molecule has 78 valence electrons. The third-order valence-corrected chi connectivity index (χ3v) is 2.56. The van der Waals surface area contributed by atoms with Crippen LogP contribution in [0.2, 0.25) is 0 Å². The van der Waals surface area contributed by atoms with Crippen LogP contribution in [0.5, 0.6) is 0 Å². The molecule has 1 unspecified atom stereocenters. The van der Waals surface area contributed by atoms with Crippen LogP contribution in [0.4, 0.5) is 0 Å². The second-order valence-electron chi connectivity index (χ2n) is 3.45. The third kappa shape index (κ3) is 2.55. The fourth-order valence-electron chi connectivity index (χ4n) is 1.79. The van der Waals surface area contributed by atoms with Crippen LogP contribution in [0, 0.1) is 0 Å². The first-order valence-corrected chi connectivity index (χ1v) is 5.49. The molecule has 2 nitrogen and oxygen atoms in total. The lowest BCUT2D eigenvalue weighted by atomic mass is 9.99. The molecule has 0 saturated carbocycles. The minimum Gasteiger partial charge on any atom is -0.310 e. The predicted molar refractivity (Wildman–Crippen MR) is 60.3 cm³/mol. The molecule has 0 amide bonds. The smallest absolute Gasteiger partial charge is 0.0321 e. The van der Waals surface area contributed by atoms with E-state index in [-0.39, 0.29) is 0 Å². The summed E-state index contributed by atoms with van der Waals surface area (Å²) in [6, 6.07) is 2.62. The van der Waals surface area contributed by atoms with Crippen molar-refractivity contribution in [1.29, 1.82) is 0 Å². The summed E-state index contributed by atoms with van der Waals surface area (Å²) in [6.45, 7) is 7.56. The molecule has 14 heavy (non-hydrogen) atoms. The van der Waals surface area contributed by atoms with Gasteiger partial charge in [0.15, 0.2) is 0 Å². The summed E-state index contributed by atoms with van der Waals surface area (Å²) < 4.78 is 0. The van der Waals surface area contributed by atoms with Gasteiger partial charge in [0.1, 0.15) is 0 Å². The number of pyridine rings is 1. The Morgan fingerprint density at radius 3 is 2.71 bits per heavy atom. The largest absolute Gasteiger partial charge is 0.310 e. The molecule has 1 rings (SSSR count). The molecule has 1 aromatic heterocycles. The maximum Gasteiger partial charge on any atom is 0.0321 e. The van der Waals surface area contributed by atoms with Crippen LogP contribution in [-0.4, -0.2) is 11.5 Å². The number of hydrogen-bond donors (Lipinski definition) is 1. The van der Waals surface area contributed by atoms with E-state index in [4.69, 9.17) is 0 Å². The lowest BCUT2D eigenvalue weighted by Gasteiger charge is -2.18. The Bertz CT molecular complexity index is 271. The fourth-order valence-corrected chi connectivity index (χ4v) is 1.79. The van der Waals surface area contributed by atoms with E-state index in [2.05, 4.69) is 37.1 Å². The summed E-state index contributed by atoms with van der Waals surface area (Å²) >= 11 is 0. The normalized spacial score (nSPS) is 12.8. The van der Waals surface area contributed by atoms with E-state index in [1.807, 2.05) is 12.4 Å². The van der Waals surface area contributed by atoms with Crippen LogP contribution >= 0.6 is 0 Å². The van der Waals surface area contributed by atoms with Gasteiger partial charge in [-0.05, 0) is 36.6 Å². The van der Waals surface area contributed by atoms with Gasteiger partial charge in [-0.15, -0.1) is 0 Å². The highest BCUT2D eigenvalue weighted by atomic mass is 14.9. The zero-order valence-corrected chi connectivity index (χ0v) is 9.38. The Balaban J connectivity index is 2.90. The van der Waals surface area contributed by atoms with Crippen LogP contribution in [0.3, 0.4) is 0 Å². The van der Waals surface area contributed by atoms with Crippen LogP contribution in [0.25, 0.3) is 0 Å². The van der Waals surface area contributed by atoms with Gasteiger partial charge in [-0.25, -0.2) is 0 Å². The van der Waals surface area contributed by atoms with Gasteiger partial charge in [0, 0.05) is 18.4 Å². The molecule has 1 N–H and O–H groups in total. The monoisotopic (exact) mass is 192 g/mol. The summed E-state index contributed by atoms with van der Waals surface area (Å²) in [7, 11) is 0. The van der Waals surface area contributed by atoms with Gasteiger partial charge < -0.3 is 5.32 Å². The molecule has 0 aliphatic heterocycles. The van der Waals surface area contributed by atoms with Crippen LogP contribution in [0.1, 0.15) is 44.4 Å². The minimum atomic E-state index is 0.484. The zero-order valence-electron chi connectivity index (χ0n) is 9.38. The van der Waals surface area contributed by atoms with Crippen molar-refractivity contribution >= 4 is 0 Å². The zero-order chi connectivity index (χ0) is 10.4. The number of rotatable bonds is 5. The summed E-state index contributed by atoms with van der Waals surface area (Å²) in [5.74, 6) is 0. The van der Waals surface area contributed by atoms with Gasteiger partial charge in [-0.1, -0.05) is 20.8 Å². The standard InChI is InChI=1S/C12H20N2/c1-4-10-9-13-8-7-11(10)12(5-2)14-6-3/h7-9,12,14H,4-6H2,1-3H3. The van der Waals surface area contributed by atoms with Crippen molar-refractivity contribution in [1.82, 2.24) is 10.3 Å². The molecule has 0 aliphatic rings. The topological polar surface area (TPSA) is 24.9 Å². The van der Waals surface area contributed by atoms with E-state index in [1.165, 1.54) is 11.1 Å². The van der Waals surface area contributed by atoms with E-state index in [0.717, 1.165) is 19.4 Å². The molecule has 0 spiro atoms. The molecule has 0 bridgehead atoms. The van der Waals surface area contributed by atoms with Crippen LogP contribution < -0.4 is 5.32 Å². The molecule has 0 saturated heterocycles. The average molecular weight is 192 g/mol. The number of hydrogen-bond acceptors (Lipinski definition) is 2. The quantitative estimate of drug-likeness (QED) is 0.776. The average Bonchev–Trinajstić information content (AvgIpc) is 2.26. The molecule has 0 aliphatic carbocycles. The van der Waals surface area contributed by atoms with E-state index >= 15 is 0 Å². The fraction of sp³-hybridized carbons (Fsp3) is 0.583. The molecule has 1 heterocycles. The predicted octanol–water partition coefficient (Wildman–Crippen LogP) is 2.70. The molecule has 2 heteroatoms. The van der Waals surface area contributed by atoms with Gasteiger partial charge in [0.25, 0.3) is 0 Å². The summed E-state index contributed by atoms with van der Waals surface area (Å²) in [5, 5.41) is 3.50. The van der Waals surface area contributed by atoms with Gasteiger partial charge in [-0.2, -0.15) is 0 Å². The first-order valence-electron chi connectivity index (χ1n) is 5.49. The first-order chi connectivity index (χ1) is 6.83.